The van der Waals surface area contributed by atoms with Crippen LogP contribution in [0.15, 0.2) is 22.7 Å². The summed E-state index contributed by atoms with van der Waals surface area (Å²) in [5, 5.41) is 12.4. The smallest absolute Gasteiger partial charge is 0.335 e. The maximum atomic E-state index is 10.9. The summed E-state index contributed by atoms with van der Waals surface area (Å²) in [7, 11) is 0. The van der Waals surface area contributed by atoms with Crippen molar-refractivity contribution in [2.45, 2.75) is 45.1 Å². The van der Waals surface area contributed by atoms with Crippen molar-refractivity contribution in [1.29, 1.82) is 0 Å². The number of aromatic carboxylic acids is 1. The van der Waals surface area contributed by atoms with Gasteiger partial charge >= 0.3 is 5.97 Å². The van der Waals surface area contributed by atoms with E-state index in [1.165, 1.54) is 38.5 Å². The Balaban J connectivity index is 1.74. The second-order valence-electron chi connectivity index (χ2n) is 5.58. The van der Waals surface area contributed by atoms with Crippen molar-refractivity contribution in [3.63, 3.8) is 0 Å². The van der Waals surface area contributed by atoms with Crippen molar-refractivity contribution >= 4 is 21.9 Å². The molecular formula is C16H22BrNO2. The van der Waals surface area contributed by atoms with Gasteiger partial charge in [-0.2, -0.15) is 0 Å². The molecule has 0 saturated heterocycles. The number of rotatable bonds is 6. The Bertz CT molecular complexity index is 456. The van der Waals surface area contributed by atoms with Gasteiger partial charge in [-0.05, 0) is 36.6 Å². The molecule has 3 nitrogen and oxygen atoms in total. The van der Waals surface area contributed by atoms with E-state index >= 15 is 0 Å². The van der Waals surface area contributed by atoms with Crippen LogP contribution >= 0.6 is 15.9 Å². The minimum atomic E-state index is -0.887. The molecule has 0 radical (unpaired) electrons. The quantitative estimate of drug-likeness (QED) is 0.763. The average molecular weight is 340 g/mol. The monoisotopic (exact) mass is 339 g/mol. The summed E-state index contributed by atoms with van der Waals surface area (Å²) < 4.78 is 0.863. The lowest BCUT2D eigenvalue weighted by molar-refractivity contribution is 0.0697. The van der Waals surface area contributed by atoms with Gasteiger partial charge in [0.2, 0.25) is 0 Å². The van der Waals surface area contributed by atoms with Crippen LogP contribution in [-0.4, -0.2) is 17.6 Å². The summed E-state index contributed by atoms with van der Waals surface area (Å²) >= 11 is 3.44. The fraction of sp³-hybridized carbons (Fsp3) is 0.562. The molecule has 2 rings (SSSR count). The molecule has 0 amide bonds. The Kier molecular flexibility index (Phi) is 6.05. The highest BCUT2D eigenvalue weighted by Crippen LogP contribution is 2.25. The zero-order valence-corrected chi connectivity index (χ0v) is 13.3. The molecule has 1 fully saturated rings. The standard InChI is InChI=1S/C16H22BrNO2/c17-15-10-13(16(19)20)6-7-14(15)11-18-9-8-12-4-2-1-3-5-12/h6-7,10,12,18H,1-5,8-9,11H2,(H,19,20). The van der Waals surface area contributed by atoms with Crippen LogP contribution in [0.5, 0.6) is 0 Å². The molecule has 1 aliphatic rings. The third-order valence-corrected chi connectivity index (χ3v) is 4.81. The maximum absolute atomic E-state index is 10.9. The van der Waals surface area contributed by atoms with Crippen molar-refractivity contribution in [2.24, 2.45) is 5.92 Å². The molecule has 4 heteroatoms. The van der Waals surface area contributed by atoms with E-state index in [1.54, 1.807) is 12.1 Å². The van der Waals surface area contributed by atoms with Crippen LogP contribution in [-0.2, 0) is 6.54 Å². The SMILES string of the molecule is O=C(O)c1ccc(CNCCC2CCCCC2)c(Br)c1. The lowest BCUT2D eigenvalue weighted by Crippen LogP contribution is -2.19. The zero-order valence-electron chi connectivity index (χ0n) is 11.7. The number of hydrogen-bond acceptors (Lipinski definition) is 2. The predicted octanol–water partition coefficient (Wildman–Crippen LogP) is 4.21. The van der Waals surface area contributed by atoms with Crippen LogP contribution in [0.4, 0.5) is 0 Å². The van der Waals surface area contributed by atoms with Crippen LogP contribution in [0.3, 0.4) is 0 Å². The molecule has 0 spiro atoms. The van der Waals surface area contributed by atoms with Crippen molar-refractivity contribution in [1.82, 2.24) is 5.32 Å². The minimum absolute atomic E-state index is 0.322. The summed E-state index contributed by atoms with van der Waals surface area (Å²) in [5.74, 6) is 0.0107. The molecule has 1 aromatic rings. The molecular weight excluding hydrogens is 318 g/mol. The van der Waals surface area contributed by atoms with E-state index in [0.29, 0.717) is 5.56 Å². The van der Waals surface area contributed by atoms with Gasteiger partial charge in [0.05, 0.1) is 5.56 Å². The van der Waals surface area contributed by atoms with Crippen molar-refractivity contribution in [3.8, 4) is 0 Å². The summed E-state index contributed by atoms with van der Waals surface area (Å²) in [6, 6.07) is 5.20. The maximum Gasteiger partial charge on any atom is 0.335 e. The summed E-state index contributed by atoms with van der Waals surface area (Å²) in [6.45, 7) is 1.82. The molecule has 2 N–H and O–H groups in total. The number of hydrogen-bond donors (Lipinski definition) is 2. The van der Waals surface area contributed by atoms with Crippen molar-refractivity contribution in [3.05, 3.63) is 33.8 Å². The Morgan fingerprint density at radius 2 is 2.05 bits per heavy atom. The fourth-order valence-corrected chi connectivity index (χ4v) is 3.35. The molecule has 20 heavy (non-hydrogen) atoms. The number of carbonyl (C=O) groups is 1. The van der Waals surface area contributed by atoms with E-state index in [2.05, 4.69) is 21.2 Å². The summed E-state index contributed by atoms with van der Waals surface area (Å²) in [5.41, 5.74) is 1.43. The number of benzene rings is 1. The van der Waals surface area contributed by atoms with Gasteiger partial charge in [-0.15, -0.1) is 0 Å². The largest absolute Gasteiger partial charge is 0.478 e. The second kappa shape index (κ2) is 7.79. The third-order valence-electron chi connectivity index (χ3n) is 4.07. The van der Waals surface area contributed by atoms with Crippen LogP contribution < -0.4 is 5.32 Å². The van der Waals surface area contributed by atoms with E-state index in [4.69, 9.17) is 5.11 Å². The van der Waals surface area contributed by atoms with Crippen LogP contribution in [0, 0.1) is 5.92 Å². The molecule has 110 valence electrons. The van der Waals surface area contributed by atoms with Gasteiger partial charge < -0.3 is 10.4 Å². The first-order valence-corrected chi connectivity index (χ1v) is 8.18. The van der Waals surface area contributed by atoms with E-state index in [-0.39, 0.29) is 0 Å². The number of carboxylic acids is 1. The summed E-state index contributed by atoms with van der Waals surface area (Å²) in [6.07, 6.45) is 8.23. The Labute approximate surface area is 128 Å². The molecule has 0 atom stereocenters. The van der Waals surface area contributed by atoms with Gasteiger partial charge in [0.25, 0.3) is 0 Å². The molecule has 0 aliphatic heterocycles. The Hall–Kier alpha value is -0.870. The van der Waals surface area contributed by atoms with Crippen molar-refractivity contribution in [2.75, 3.05) is 6.54 Å². The Morgan fingerprint density at radius 1 is 1.30 bits per heavy atom. The molecule has 1 saturated carbocycles. The van der Waals surface area contributed by atoms with Crippen LogP contribution in [0.2, 0.25) is 0 Å². The molecule has 1 aromatic carbocycles. The number of halogens is 1. The first-order valence-electron chi connectivity index (χ1n) is 7.39. The minimum Gasteiger partial charge on any atom is -0.478 e. The van der Waals surface area contributed by atoms with E-state index < -0.39 is 5.97 Å². The van der Waals surface area contributed by atoms with E-state index in [9.17, 15) is 4.79 Å². The molecule has 0 unspecified atom stereocenters. The highest BCUT2D eigenvalue weighted by molar-refractivity contribution is 9.10. The Morgan fingerprint density at radius 3 is 2.70 bits per heavy atom. The lowest BCUT2D eigenvalue weighted by Gasteiger charge is -2.21. The second-order valence-corrected chi connectivity index (χ2v) is 6.44. The normalized spacial score (nSPS) is 16.2. The average Bonchev–Trinajstić information content (AvgIpc) is 2.46. The highest BCUT2D eigenvalue weighted by Gasteiger charge is 2.12. The van der Waals surface area contributed by atoms with Crippen LogP contribution in [0.1, 0.15) is 54.4 Å². The number of nitrogens with one attached hydrogen (secondary N) is 1. The van der Waals surface area contributed by atoms with Crippen molar-refractivity contribution < 1.29 is 9.90 Å². The zero-order chi connectivity index (χ0) is 14.4. The van der Waals surface area contributed by atoms with E-state index in [0.717, 1.165) is 29.0 Å². The predicted molar refractivity (Wildman–Crippen MR) is 84.0 cm³/mol. The highest BCUT2D eigenvalue weighted by atomic mass is 79.9. The van der Waals surface area contributed by atoms with E-state index in [1.807, 2.05) is 6.07 Å². The lowest BCUT2D eigenvalue weighted by atomic mass is 9.87. The van der Waals surface area contributed by atoms with Gasteiger partial charge in [-0.3, -0.25) is 0 Å². The number of carboxylic acid groups (broad SMARTS) is 1. The fourth-order valence-electron chi connectivity index (χ4n) is 2.83. The van der Waals surface area contributed by atoms with Gasteiger partial charge in [-0.25, -0.2) is 4.79 Å². The first-order chi connectivity index (χ1) is 9.66. The molecule has 1 aliphatic carbocycles. The van der Waals surface area contributed by atoms with Crippen LogP contribution in [0.25, 0.3) is 0 Å². The van der Waals surface area contributed by atoms with Gasteiger partial charge in [0, 0.05) is 11.0 Å². The molecule has 0 bridgehead atoms. The third kappa shape index (κ3) is 4.60. The topological polar surface area (TPSA) is 49.3 Å². The van der Waals surface area contributed by atoms with Gasteiger partial charge in [0.1, 0.15) is 0 Å². The summed E-state index contributed by atoms with van der Waals surface area (Å²) in [4.78, 5) is 10.9. The first kappa shape index (κ1) is 15.5. The van der Waals surface area contributed by atoms with Gasteiger partial charge in [0.15, 0.2) is 0 Å². The molecule has 0 heterocycles. The van der Waals surface area contributed by atoms with Gasteiger partial charge in [-0.1, -0.05) is 54.1 Å². The molecule has 0 aromatic heterocycles.